The molecule has 5 heavy (non-hydrogen) atoms. The van der Waals surface area contributed by atoms with Crippen LogP contribution in [0, 0.1) is 0 Å². The van der Waals surface area contributed by atoms with Crippen molar-refractivity contribution < 1.29 is 4.32 Å². The number of rotatable bonds is 1. The molecule has 0 rings (SSSR count). The van der Waals surface area contributed by atoms with Crippen molar-refractivity contribution in [1.82, 2.24) is 0 Å². The van der Waals surface area contributed by atoms with Crippen LogP contribution in [-0.4, -0.2) is 12.3 Å². The van der Waals surface area contributed by atoms with Crippen molar-refractivity contribution in [3.8, 4) is 0 Å². The van der Waals surface area contributed by atoms with Gasteiger partial charge in [-0.2, -0.15) is 0 Å². The summed E-state index contributed by atoms with van der Waals surface area (Å²) in [6, 6.07) is 0. The van der Waals surface area contributed by atoms with E-state index in [-0.39, 0.29) is 0 Å². The van der Waals surface area contributed by atoms with E-state index in [1.807, 2.05) is 0 Å². The minimum absolute atomic E-state index is 0.664. The van der Waals surface area contributed by atoms with Gasteiger partial charge in [-0.05, 0) is 0 Å². The molecule has 0 atom stereocenters. The first-order chi connectivity index (χ1) is 2.27. The normalized spacial score (nSPS) is 8.80. The van der Waals surface area contributed by atoms with E-state index >= 15 is 0 Å². The first-order valence-electron chi connectivity index (χ1n) is 1.11. The van der Waals surface area contributed by atoms with Crippen molar-refractivity contribution in [2.24, 2.45) is 0 Å². The molecule has 0 aliphatic rings. The van der Waals surface area contributed by atoms with Crippen molar-refractivity contribution in [1.29, 1.82) is 0 Å². The van der Waals surface area contributed by atoms with E-state index in [4.69, 9.17) is 23.2 Å². The van der Waals surface area contributed by atoms with Crippen LogP contribution in [-0.2, 0) is 0 Å². The molecule has 0 bridgehead atoms. The summed E-state index contributed by atoms with van der Waals surface area (Å²) in [4.78, 5) is 0. The molecule has 0 aromatic carbocycles. The Morgan fingerprint density at radius 1 is 1.60 bits per heavy atom. The molecule has 30 valence electrons. The van der Waals surface area contributed by atoms with Gasteiger partial charge < -0.3 is 4.32 Å². The number of hydrogen-bond acceptors (Lipinski definition) is 0. The second-order valence-corrected chi connectivity index (χ2v) is 1.82. The van der Waals surface area contributed by atoms with Gasteiger partial charge >= 0.3 is 7.56 Å². The fourth-order valence-corrected chi connectivity index (χ4v) is 0. The molecular formula is CH2BCl2F. The molecule has 4 heteroatoms. The van der Waals surface area contributed by atoms with Crippen LogP contribution in [0.25, 0.3) is 0 Å². The predicted octanol–water partition coefficient (Wildman–Crippen LogP) is 1.07. The average Bonchev–Trinajstić information content (AvgIpc) is 1.38. The quantitative estimate of drug-likeness (QED) is 0.354. The predicted molar refractivity (Wildman–Crippen MR) is 23.8 cm³/mol. The van der Waals surface area contributed by atoms with Crippen molar-refractivity contribution in [2.45, 2.75) is 4.74 Å². The highest BCUT2D eigenvalue weighted by Gasteiger charge is 1.95. The zero-order valence-electron chi connectivity index (χ0n) is 2.42. The van der Waals surface area contributed by atoms with Gasteiger partial charge in [0.05, 0.1) is 0 Å². The lowest BCUT2D eigenvalue weighted by molar-refractivity contribution is 0.870. The summed E-state index contributed by atoms with van der Waals surface area (Å²) in [5.41, 5.74) is 0. The van der Waals surface area contributed by atoms with Gasteiger partial charge in [0.15, 0.2) is 0 Å². The number of halogens is 3. The highest BCUT2D eigenvalue weighted by Crippen LogP contribution is 1.96. The Morgan fingerprint density at radius 2 is 1.80 bits per heavy atom. The summed E-state index contributed by atoms with van der Waals surface area (Å²) < 4.78 is 10.0. The SMILES string of the molecule is FBC(Cl)Cl. The molecular weight excluding hydrogens is 113 g/mol. The third-order valence-electron chi connectivity index (χ3n) is 0.117. The van der Waals surface area contributed by atoms with E-state index in [0.29, 0.717) is 0 Å². The Bertz CT molecular complexity index is 23.6. The van der Waals surface area contributed by atoms with Gasteiger partial charge in [-0.15, -0.1) is 23.2 Å². The fraction of sp³-hybridized carbons (Fsp3) is 1.00. The maximum absolute atomic E-state index is 10.9. The minimum atomic E-state index is -0.838. The third-order valence-corrected chi connectivity index (χ3v) is 0.350. The molecule has 0 nitrogen and oxygen atoms in total. The molecule has 0 N–H and O–H groups in total. The van der Waals surface area contributed by atoms with Crippen LogP contribution in [0.3, 0.4) is 0 Å². The lowest BCUT2D eigenvalue weighted by Gasteiger charge is -1.78. The highest BCUT2D eigenvalue weighted by molar-refractivity contribution is 6.65. The van der Waals surface area contributed by atoms with Gasteiger partial charge in [-0.3, -0.25) is 0 Å². The molecule has 0 aliphatic heterocycles. The standard InChI is InChI=1S/CH2BCl2F/c3-1(4)2-5/h1-2H. The monoisotopic (exact) mass is 114 g/mol. The van der Waals surface area contributed by atoms with E-state index in [0.717, 1.165) is 0 Å². The Morgan fingerprint density at radius 3 is 1.80 bits per heavy atom. The molecule has 0 heterocycles. The molecule has 0 unspecified atom stereocenters. The van der Waals surface area contributed by atoms with Gasteiger partial charge in [0.25, 0.3) is 0 Å². The van der Waals surface area contributed by atoms with Gasteiger partial charge in [0, 0.05) is 0 Å². The summed E-state index contributed by atoms with van der Waals surface area (Å²) in [7, 11) is -0.664. The van der Waals surface area contributed by atoms with E-state index < -0.39 is 12.3 Å². The first kappa shape index (κ1) is 5.57. The van der Waals surface area contributed by atoms with Crippen molar-refractivity contribution in [2.75, 3.05) is 0 Å². The maximum atomic E-state index is 10.9. The van der Waals surface area contributed by atoms with Crippen molar-refractivity contribution >= 4 is 30.8 Å². The van der Waals surface area contributed by atoms with Crippen molar-refractivity contribution in [3.63, 3.8) is 0 Å². The Balaban J connectivity index is 2.54. The third kappa shape index (κ3) is 4.57. The van der Waals surface area contributed by atoms with Crippen LogP contribution in [0.4, 0.5) is 4.32 Å². The van der Waals surface area contributed by atoms with Crippen molar-refractivity contribution in [3.05, 3.63) is 0 Å². The fourth-order valence-electron chi connectivity index (χ4n) is 0. The zero-order chi connectivity index (χ0) is 4.28. The van der Waals surface area contributed by atoms with Crippen LogP contribution >= 0.6 is 23.2 Å². The average molecular weight is 115 g/mol. The second-order valence-electron chi connectivity index (χ2n) is 0.545. The molecule has 0 amide bonds. The highest BCUT2D eigenvalue weighted by atomic mass is 35.5. The molecule has 0 aromatic heterocycles. The van der Waals surface area contributed by atoms with Crippen LogP contribution in [0.2, 0.25) is 0 Å². The number of alkyl halides is 2. The Hall–Kier alpha value is 0.575. The first-order valence-corrected chi connectivity index (χ1v) is 1.98. The van der Waals surface area contributed by atoms with Gasteiger partial charge in [0.2, 0.25) is 0 Å². The topological polar surface area (TPSA) is 0 Å². The van der Waals surface area contributed by atoms with Crippen LogP contribution < -0.4 is 0 Å². The summed E-state index contributed by atoms with van der Waals surface area (Å²) in [6.45, 7) is 0. The van der Waals surface area contributed by atoms with Gasteiger partial charge in [-0.1, -0.05) is 0 Å². The van der Waals surface area contributed by atoms with Crippen LogP contribution in [0.5, 0.6) is 0 Å². The summed E-state index contributed by atoms with van der Waals surface area (Å²) in [5.74, 6) is 0. The molecule has 0 radical (unpaired) electrons. The zero-order valence-corrected chi connectivity index (χ0v) is 3.93. The summed E-state index contributed by atoms with van der Waals surface area (Å²) in [5, 5.41) is 0. The lowest BCUT2D eigenvalue weighted by Crippen LogP contribution is -1.90. The summed E-state index contributed by atoms with van der Waals surface area (Å²) in [6.07, 6.45) is 0. The smallest absolute Gasteiger partial charge is 0.338 e. The molecule has 0 spiro atoms. The van der Waals surface area contributed by atoms with Gasteiger partial charge in [0.1, 0.15) is 4.74 Å². The largest absolute Gasteiger partial charge is 0.364 e. The summed E-state index contributed by atoms with van der Waals surface area (Å²) >= 11 is 9.71. The second kappa shape index (κ2) is 2.79. The minimum Gasteiger partial charge on any atom is -0.338 e. The van der Waals surface area contributed by atoms with Crippen LogP contribution in [0.1, 0.15) is 0 Å². The molecule has 0 aliphatic carbocycles. The van der Waals surface area contributed by atoms with Gasteiger partial charge in [-0.25, -0.2) is 0 Å². The van der Waals surface area contributed by atoms with E-state index in [9.17, 15) is 4.32 Å². The van der Waals surface area contributed by atoms with E-state index in [2.05, 4.69) is 0 Å². The van der Waals surface area contributed by atoms with E-state index in [1.165, 1.54) is 0 Å². The molecule has 0 fully saturated rings. The maximum Gasteiger partial charge on any atom is 0.364 e. The Labute approximate surface area is 40.5 Å². The molecule has 0 aromatic rings. The molecule has 0 saturated carbocycles. The number of hydrogen-bond donors (Lipinski definition) is 0. The Kier molecular flexibility index (Phi) is 3.11. The lowest BCUT2D eigenvalue weighted by atomic mass is 10.1. The van der Waals surface area contributed by atoms with E-state index in [1.54, 1.807) is 0 Å². The molecule has 0 saturated heterocycles. The van der Waals surface area contributed by atoms with Crippen LogP contribution in [0.15, 0.2) is 0 Å².